The minimum Gasteiger partial charge on any atom is -0.343 e. The number of alkyl halides is 3. The second kappa shape index (κ2) is 8.30. The van der Waals surface area contributed by atoms with Crippen molar-refractivity contribution in [3.8, 4) is 0 Å². The molecule has 0 saturated carbocycles. The van der Waals surface area contributed by atoms with E-state index in [9.17, 15) is 18.0 Å². The lowest BCUT2D eigenvalue weighted by atomic mass is 10.0. The molecule has 0 fully saturated rings. The first-order valence-electron chi connectivity index (χ1n) is 10.1. The SMILES string of the molecule is CN(C)C(=O)c1nn(CCC(F)(F)F)c2c1CN(Cc1ccnc3ccccc13)CC2. The Morgan fingerprint density at radius 1 is 1.19 bits per heavy atom. The third-order valence-corrected chi connectivity index (χ3v) is 5.56. The second-order valence-corrected chi connectivity index (χ2v) is 8.01. The van der Waals surface area contributed by atoms with Crippen LogP contribution in [0.5, 0.6) is 0 Å². The van der Waals surface area contributed by atoms with Gasteiger partial charge in [-0.1, -0.05) is 18.2 Å². The molecule has 0 unspecified atom stereocenters. The Hall–Kier alpha value is -2.94. The molecule has 1 aromatic carbocycles. The number of benzene rings is 1. The second-order valence-electron chi connectivity index (χ2n) is 8.01. The molecule has 0 saturated heterocycles. The summed E-state index contributed by atoms with van der Waals surface area (Å²) in [6.07, 6.45) is -2.91. The summed E-state index contributed by atoms with van der Waals surface area (Å²) in [5.41, 5.74) is 3.74. The van der Waals surface area contributed by atoms with Crippen LogP contribution in [0.1, 0.15) is 33.7 Å². The van der Waals surface area contributed by atoms with Gasteiger partial charge in [-0.15, -0.1) is 0 Å². The molecule has 0 atom stereocenters. The van der Waals surface area contributed by atoms with Gasteiger partial charge in [0.2, 0.25) is 0 Å². The van der Waals surface area contributed by atoms with Gasteiger partial charge in [0.15, 0.2) is 5.69 Å². The van der Waals surface area contributed by atoms with Crippen molar-refractivity contribution in [1.29, 1.82) is 0 Å². The van der Waals surface area contributed by atoms with Crippen LogP contribution in [0.4, 0.5) is 13.2 Å². The average Bonchev–Trinajstić information content (AvgIpc) is 3.09. The maximum atomic E-state index is 12.8. The summed E-state index contributed by atoms with van der Waals surface area (Å²) in [5.74, 6) is -0.293. The van der Waals surface area contributed by atoms with Crippen LogP contribution in [-0.4, -0.2) is 57.3 Å². The van der Waals surface area contributed by atoms with E-state index in [1.54, 1.807) is 20.3 Å². The third kappa shape index (κ3) is 4.56. The molecular formula is C22H24F3N5O. The van der Waals surface area contributed by atoms with Crippen molar-refractivity contribution in [2.45, 2.75) is 38.7 Å². The van der Waals surface area contributed by atoms with Crippen LogP contribution in [0.15, 0.2) is 36.5 Å². The van der Waals surface area contributed by atoms with Gasteiger partial charge in [-0.3, -0.25) is 19.4 Å². The zero-order valence-corrected chi connectivity index (χ0v) is 17.5. The standard InChI is InChI=1S/C22H24F3N5O/c1-28(2)21(31)20-17-14-29(11-8-19(17)30(27-20)12-9-22(23,24)25)13-15-7-10-26-18-6-4-3-5-16(15)18/h3-7,10H,8-9,11-14H2,1-2H3. The lowest BCUT2D eigenvalue weighted by molar-refractivity contribution is -0.137. The molecule has 0 N–H and O–H groups in total. The fourth-order valence-electron chi connectivity index (χ4n) is 4.02. The highest BCUT2D eigenvalue weighted by molar-refractivity contribution is 5.93. The summed E-state index contributed by atoms with van der Waals surface area (Å²) in [5, 5.41) is 5.37. The number of aryl methyl sites for hydroxylation is 1. The van der Waals surface area contributed by atoms with E-state index in [2.05, 4.69) is 15.0 Å². The maximum absolute atomic E-state index is 12.8. The summed E-state index contributed by atoms with van der Waals surface area (Å²) >= 11 is 0. The van der Waals surface area contributed by atoms with Crippen LogP contribution in [0.25, 0.3) is 10.9 Å². The van der Waals surface area contributed by atoms with E-state index in [4.69, 9.17) is 0 Å². The minimum absolute atomic E-state index is 0.242. The normalized spacial score (nSPS) is 14.6. The quantitative estimate of drug-likeness (QED) is 0.619. The van der Waals surface area contributed by atoms with Crippen molar-refractivity contribution in [3.63, 3.8) is 0 Å². The van der Waals surface area contributed by atoms with Crippen molar-refractivity contribution in [2.24, 2.45) is 0 Å². The first-order valence-corrected chi connectivity index (χ1v) is 10.1. The number of amides is 1. The van der Waals surface area contributed by atoms with E-state index in [-0.39, 0.29) is 18.1 Å². The highest BCUT2D eigenvalue weighted by atomic mass is 19.4. The fraction of sp³-hybridized carbons (Fsp3) is 0.409. The Labute approximate surface area is 178 Å². The third-order valence-electron chi connectivity index (χ3n) is 5.56. The molecule has 6 nitrogen and oxygen atoms in total. The molecule has 164 valence electrons. The molecule has 9 heteroatoms. The summed E-state index contributed by atoms with van der Waals surface area (Å²) < 4.78 is 39.7. The molecular weight excluding hydrogens is 407 g/mol. The number of hydrogen-bond donors (Lipinski definition) is 0. The largest absolute Gasteiger partial charge is 0.390 e. The fourth-order valence-corrected chi connectivity index (χ4v) is 4.02. The summed E-state index contributed by atoms with van der Waals surface area (Å²) in [4.78, 5) is 20.7. The zero-order chi connectivity index (χ0) is 22.2. The Morgan fingerprint density at radius 3 is 2.71 bits per heavy atom. The molecule has 3 aromatic rings. The van der Waals surface area contributed by atoms with E-state index in [0.717, 1.165) is 27.7 Å². The molecule has 31 heavy (non-hydrogen) atoms. The number of nitrogens with zero attached hydrogens (tertiary/aromatic N) is 5. The van der Waals surface area contributed by atoms with Crippen molar-refractivity contribution >= 4 is 16.8 Å². The van der Waals surface area contributed by atoms with E-state index in [1.165, 1.54) is 9.58 Å². The number of hydrogen-bond acceptors (Lipinski definition) is 4. The summed E-state index contributed by atoms with van der Waals surface area (Å²) in [6.45, 7) is 1.53. The van der Waals surface area contributed by atoms with E-state index >= 15 is 0 Å². The van der Waals surface area contributed by atoms with Gasteiger partial charge in [0.1, 0.15) is 0 Å². The van der Waals surface area contributed by atoms with Crippen LogP contribution in [0, 0.1) is 0 Å². The monoisotopic (exact) mass is 431 g/mol. The molecule has 2 aromatic heterocycles. The number of halogens is 3. The number of pyridine rings is 1. The Bertz CT molecular complexity index is 1100. The highest BCUT2D eigenvalue weighted by Crippen LogP contribution is 2.28. The van der Waals surface area contributed by atoms with Crippen molar-refractivity contribution in [2.75, 3.05) is 20.6 Å². The lowest BCUT2D eigenvalue weighted by Crippen LogP contribution is -2.32. The molecule has 4 rings (SSSR count). The first kappa shape index (κ1) is 21.3. The van der Waals surface area contributed by atoms with Gasteiger partial charge in [-0.2, -0.15) is 18.3 Å². The predicted molar refractivity (Wildman–Crippen MR) is 110 cm³/mol. The van der Waals surface area contributed by atoms with Crippen LogP contribution in [0.3, 0.4) is 0 Å². The highest BCUT2D eigenvalue weighted by Gasteiger charge is 2.32. The number of carbonyl (C=O) groups excluding carboxylic acids is 1. The Balaban J connectivity index is 1.62. The smallest absolute Gasteiger partial charge is 0.343 e. The van der Waals surface area contributed by atoms with Gasteiger partial charge in [-0.05, 0) is 17.7 Å². The molecule has 3 heterocycles. The van der Waals surface area contributed by atoms with Crippen LogP contribution >= 0.6 is 0 Å². The van der Waals surface area contributed by atoms with Gasteiger partial charge in [-0.25, -0.2) is 0 Å². The molecule has 1 aliphatic heterocycles. The average molecular weight is 431 g/mol. The number of rotatable bonds is 5. The van der Waals surface area contributed by atoms with Gasteiger partial charge in [0, 0.05) is 69.5 Å². The van der Waals surface area contributed by atoms with Crippen LogP contribution in [-0.2, 0) is 26.1 Å². The minimum atomic E-state index is -4.27. The van der Waals surface area contributed by atoms with E-state index in [1.807, 2.05) is 30.3 Å². The summed E-state index contributed by atoms with van der Waals surface area (Å²) in [7, 11) is 3.24. The van der Waals surface area contributed by atoms with E-state index < -0.39 is 12.6 Å². The number of carbonyl (C=O) groups is 1. The first-order chi connectivity index (χ1) is 14.7. The predicted octanol–water partition coefficient (Wildman–Crippen LogP) is 3.64. The Kier molecular flexibility index (Phi) is 5.70. The van der Waals surface area contributed by atoms with Crippen LogP contribution in [0.2, 0.25) is 0 Å². The number of fused-ring (bicyclic) bond motifs is 2. The topological polar surface area (TPSA) is 54.3 Å². The molecule has 1 amide bonds. The molecule has 1 aliphatic rings. The van der Waals surface area contributed by atoms with Gasteiger partial charge < -0.3 is 4.90 Å². The molecule has 0 radical (unpaired) electrons. The molecule has 0 spiro atoms. The zero-order valence-electron chi connectivity index (χ0n) is 17.5. The Morgan fingerprint density at radius 2 is 1.97 bits per heavy atom. The number of aromatic nitrogens is 3. The summed E-state index contributed by atoms with van der Waals surface area (Å²) in [6, 6.07) is 9.90. The van der Waals surface area contributed by atoms with Crippen molar-refractivity contribution in [3.05, 3.63) is 59.0 Å². The van der Waals surface area contributed by atoms with Gasteiger partial charge in [0.05, 0.1) is 11.9 Å². The molecule has 0 bridgehead atoms. The maximum Gasteiger partial charge on any atom is 0.390 e. The van der Waals surface area contributed by atoms with E-state index in [0.29, 0.717) is 26.1 Å². The van der Waals surface area contributed by atoms with Crippen LogP contribution < -0.4 is 0 Å². The van der Waals surface area contributed by atoms with Gasteiger partial charge in [0.25, 0.3) is 5.91 Å². The molecule has 0 aliphatic carbocycles. The van der Waals surface area contributed by atoms with Crippen molar-refractivity contribution in [1.82, 2.24) is 24.6 Å². The van der Waals surface area contributed by atoms with Gasteiger partial charge >= 0.3 is 6.18 Å². The number of para-hydroxylation sites is 1. The van der Waals surface area contributed by atoms with Crippen molar-refractivity contribution < 1.29 is 18.0 Å². The lowest BCUT2D eigenvalue weighted by Gasteiger charge is -2.28.